The first-order valence-corrected chi connectivity index (χ1v) is 6.82. The van der Waals surface area contributed by atoms with Crippen LogP contribution in [0, 0.1) is 0 Å². The largest absolute Gasteiger partial charge is 0.497 e. The molecule has 2 atom stereocenters. The summed E-state index contributed by atoms with van der Waals surface area (Å²) in [5, 5.41) is 13.5. The van der Waals surface area contributed by atoms with Crippen molar-refractivity contribution in [1.82, 2.24) is 5.32 Å². The van der Waals surface area contributed by atoms with Gasteiger partial charge in [-0.05, 0) is 44.5 Å². The highest BCUT2D eigenvalue weighted by atomic mass is 16.5. The summed E-state index contributed by atoms with van der Waals surface area (Å²) >= 11 is 0. The van der Waals surface area contributed by atoms with Crippen LogP contribution in [0.15, 0.2) is 24.3 Å². The number of hydrogen-bond acceptors (Lipinski definition) is 4. The lowest BCUT2D eigenvalue weighted by Gasteiger charge is -2.21. The van der Waals surface area contributed by atoms with Gasteiger partial charge in [-0.15, -0.1) is 0 Å². The molecule has 0 amide bonds. The Labute approximate surface area is 115 Å². The van der Waals surface area contributed by atoms with E-state index in [4.69, 9.17) is 9.47 Å². The van der Waals surface area contributed by atoms with Crippen LogP contribution in [-0.2, 0) is 4.74 Å². The molecule has 1 rings (SSSR count). The predicted octanol–water partition coefficient (Wildman–Crippen LogP) is 2.13. The van der Waals surface area contributed by atoms with E-state index in [1.165, 1.54) is 0 Å². The SMILES string of the molecule is CCOCCCNC(C)C(O)c1ccc(OC)cc1. The first-order valence-electron chi connectivity index (χ1n) is 6.82. The first kappa shape index (κ1) is 16.0. The van der Waals surface area contributed by atoms with E-state index in [1.54, 1.807) is 7.11 Å². The molecule has 0 fully saturated rings. The van der Waals surface area contributed by atoms with Gasteiger partial charge in [-0.2, -0.15) is 0 Å². The highest BCUT2D eigenvalue weighted by Gasteiger charge is 2.15. The van der Waals surface area contributed by atoms with Gasteiger partial charge in [-0.25, -0.2) is 0 Å². The van der Waals surface area contributed by atoms with Crippen LogP contribution in [0.2, 0.25) is 0 Å². The van der Waals surface area contributed by atoms with Crippen LogP contribution < -0.4 is 10.1 Å². The van der Waals surface area contributed by atoms with Gasteiger partial charge in [-0.3, -0.25) is 0 Å². The number of ether oxygens (including phenoxy) is 2. The highest BCUT2D eigenvalue weighted by molar-refractivity contribution is 5.28. The van der Waals surface area contributed by atoms with Crippen molar-refractivity contribution in [2.24, 2.45) is 0 Å². The van der Waals surface area contributed by atoms with Crippen molar-refractivity contribution in [1.29, 1.82) is 0 Å². The van der Waals surface area contributed by atoms with Crippen LogP contribution in [0.5, 0.6) is 5.75 Å². The summed E-state index contributed by atoms with van der Waals surface area (Å²) in [4.78, 5) is 0. The third kappa shape index (κ3) is 5.59. The minimum atomic E-state index is -0.516. The zero-order valence-electron chi connectivity index (χ0n) is 12.1. The van der Waals surface area contributed by atoms with Crippen LogP contribution in [0.3, 0.4) is 0 Å². The second kappa shape index (κ2) is 8.91. The molecule has 4 nitrogen and oxygen atoms in total. The average molecular weight is 267 g/mol. The molecule has 19 heavy (non-hydrogen) atoms. The average Bonchev–Trinajstić information content (AvgIpc) is 2.46. The van der Waals surface area contributed by atoms with E-state index in [2.05, 4.69) is 5.32 Å². The molecule has 0 aliphatic carbocycles. The Hall–Kier alpha value is -1.10. The molecule has 1 aromatic carbocycles. The van der Waals surface area contributed by atoms with Gasteiger partial charge >= 0.3 is 0 Å². The van der Waals surface area contributed by atoms with Gasteiger partial charge in [0.05, 0.1) is 13.2 Å². The fourth-order valence-electron chi connectivity index (χ4n) is 1.85. The van der Waals surface area contributed by atoms with Gasteiger partial charge < -0.3 is 19.9 Å². The normalized spacial score (nSPS) is 14.1. The fraction of sp³-hybridized carbons (Fsp3) is 0.600. The topological polar surface area (TPSA) is 50.7 Å². The molecular weight excluding hydrogens is 242 g/mol. The third-order valence-corrected chi connectivity index (χ3v) is 3.07. The Bertz CT molecular complexity index is 340. The van der Waals surface area contributed by atoms with E-state index in [1.807, 2.05) is 38.1 Å². The van der Waals surface area contributed by atoms with Crippen LogP contribution in [-0.4, -0.2) is 38.0 Å². The summed E-state index contributed by atoms with van der Waals surface area (Å²) in [6.45, 7) is 6.33. The van der Waals surface area contributed by atoms with Gasteiger partial charge in [0.1, 0.15) is 5.75 Å². The molecule has 0 aliphatic rings. The van der Waals surface area contributed by atoms with Crippen LogP contribution >= 0.6 is 0 Å². The Morgan fingerprint density at radius 3 is 2.53 bits per heavy atom. The minimum absolute atomic E-state index is 0.00928. The smallest absolute Gasteiger partial charge is 0.118 e. The molecule has 0 radical (unpaired) electrons. The van der Waals surface area contributed by atoms with Crippen LogP contribution in [0.25, 0.3) is 0 Å². The number of hydrogen-bond donors (Lipinski definition) is 2. The molecule has 1 aromatic rings. The van der Waals surface area contributed by atoms with Gasteiger partial charge in [0.25, 0.3) is 0 Å². The number of benzene rings is 1. The number of rotatable bonds is 9. The summed E-state index contributed by atoms with van der Waals surface area (Å²) < 4.78 is 10.4. The first-order chi connectivity index (χ1) is 9.19. The lowest BCUT2D eigenvalue weighted by molar-refractivity contribution is 0.125. The van der Waals surface area contributed by atoms with E-state index in [9.17, 15) is 5.11 Å². The molecule has 0 saturated heterocycles. The fourth-order valence-corrected chi connectivity index (χ4v) is 1.85. The lowest BCUT2D eigenvalue weighted by atomic mass is 10.0. The van der Waals surface area contributed by atoms with Crippen molar-refractivity contribution in [3.05, 3.63) is 29.8 Å². The summed E-state index contributed by atoms with van der Waals surface area (Å²) in [6.07, 6.45) is 0.436. The quantitative estimate of drug-likeness (QED) is 0.673. The standard InChI is InChI=1S/C15H25NO3/c1-4-19-11-5-10-16-12(2)15(17)13-6-8-14(18-3)9-7-13/h6-9,12,15-17H,4-5,10-11H2,1-3H3. The van der Waals surface area contributed by atoms with Crippen molar-refractivity contribution < 1.29 is 14.6 Å². The Balaban J connectivity index is 2.36. The van der Waals surface area contributed by atoms with Crippen LogP contribution in [0.4, 0.5) is 0 Å². The Kier molecular flexibility index (Phi) is 7.48. The highest BCUT2D eigenvalue weighted by Crippen LogP contribution is 2.20. The number of aliphatic hydroxyl groups excluding tert-OH is 1. The second-order valence-corrected chi connectivity index (χ2v) is 4.51. The van der Waals surface area contributed by atoms with Crippen LogP contribution in [0.1, 0.15) is 31.9 Å². The molecule has 0 heterocycles. The molecule has 0 spiro atoms. The number of nitrogens with one attached hydrogen (secondary N) is 1. The Morgan fingerprint density at radius 1 is 1.26 bits per heavy atom. The molecular formula is C15H25NO3. The zero-order chi connectivity index (χ0) is 14.1. The molecule has 108 valence electrons. The molecule has 2 N–H and O–H groups in total. The van der Waals surface area contributed by atoms with Crippen molar-refractivity contribution in [2.45, 2.75) is 32.4 Å². The maximum atomic E-state index is 10.2. The molecule has 0 bridgehead atoms. The minimum Gasteiger partial charge on any atom is -0.497 e. The van der Waals surface area contributed by atoms with Crippen molar-refractivity contribution in [3.63, 3.8) is 0 Å². The van der Waals surface area contributed by atoms with E-state index in [0.29, 0.717) is 0 Å². The third-order valence-electron chi connectivity index (χ3n) is 3.07. The predicted molar refractivity (Wildman–Crippen MR) is 76.5 cm³/mol. The van der Waals surface area contributed by atoms with Gasteiger partial charge in [-0.1, -0.05) is 12.1 Å². The van der Waals surface area contributed by atoms with E-state index in [0.717, 1.165) is 37.5 Å². The zero-order valence-corrected chi connectivity index (χ0v) is 12.1. The molecule has 0 aromatic heterocycles. The summed E-state index contributed by atoms with van der Waals surface area (Å²) in [5.74, 6) is 0.799. The molecule has 0 saturated carbocycles. The van der Waals surface area contributed by atoms with E-state index in [-0.39, 0.29) is 6.04 Å². The number of methoxy groups -OCH3 is 1. The molecule has 0 aliphatic heterocycles. The van der Waals surface area contributed by atoms with Crippen molar-refractivity contribution >= 4 is 0 Å². The molecule has 2 unspecified atom stereocenters. The summed E-state index contributed by atoms with van der Waals surface area (Å²) in [6, 6.07) is 7.51. The van der Waals surface area contributed by atoms with Gasteiger partial charge in [0.2, 0.25) is 0 Å². The monoisotopic (exact) mass is 267 g/mol. The second-order valence-electron chi connectivity index (χ2n) is 4.51. The summed E-state index contributed by atoms with van der Waals surface area (Å²) in [5.41, 5.74) is 0.894. The molecule has 4 heteroatoms. The van der Waals surface area contributed by atoms with Crippen molar-refractivity contribution in [3.8, 4) is 5.75 Å². The lowest BCUT2D eigenvalue weighted by Crippen LogP contribution is -2.33. The maximum Gasteiger partial charge on any atom is 0.118 e. The van der Waals surface area contributed by atoms with E-state index >= 15 is 0 Å². The number of aliphatic hydroxyl groups is 1. The van der Waals surface area contributed by atoms with Crippen molar-refractivity contribution in [2.75, 3.05) is 26.9 Å². The van der Waals surface area contributed by atoms with E-state index < -0.39 is 6.10 Å². The van der Waals surface area contributed by atoms with Gasteiger partial charge in [0, 0.05) is 19.3 Å². The maximum absolute atomic E-state index is 10.2. The Morgan fingerprint density at radius 2 is 1.95 bits per heavy atom. The van der Waals surface area contributed by atoms with Gasteiger partial charge in [0.15, 0.2) is 0 Å². The summed E-state index contributed by atoms with van der Waals surface area (Å²) in [7, 11) is 1.63.